The second-order valence-electron chi connectivity index (χ2n) is 4.82. The van der Waals surface area contributed by atoms with E-state index in [9.17, 15) is 5.26 Å². The minimum Gasteiger partial charge on any atom is -0.439 e. The molecule has 0 amide bonds. The molecule has 1 aromatic heterocycles. The van der Waals surface area contributed by atoms with Gasteiger partial charge in [-0.05, 0) is 30.7 Å². The molecule has 110 valence electrons. The number of halogens is 1. The molecule has 0 radical (unpaired) electrons. The second kappa shape index (κ2) is 7.05. The van der Waals surface area contributed by atoms with Crippen molar-refractivity contribution in [1.29, 1.82) is 5.26 Å². The molecule has 21 heavy (non-hydrogen) atoms. The van der Waals surface area contributed by atoms with Gasteiger partial charge in [0.05, 0.1) is 5.69 Å². The normalized spacial score (nSPS) is 10.3. The third kappa shape index (κ3) is 3.71. The zero-order valence-corrected chi connectivity index (χ0v) is 12.7. The van der Waals surface area contributed by atoms with Gasteiger partial charge < -0.3 is 15.0 Å². The quantitative estimate of drug-likeness (QED) is 0.794. The summed E-state index contributed by atoms with van der Waals surface area (Å²) in [6.45, 7) is 2.86. The average molecular weight is 304 g/mol. The van der Waals surface area contributed by atoms with Gasteiger partial charge in [-0.15, -0.1) is 0 Å². The largest absolute Gasteiger partial charge is 0.439 e. The third-order valence-electron chi connectivity index (χ3n) is 3.20. The molecule has 0 atom stereocenters. The molecule has 1 aromatic carbocycles. The van der Waals surface area contributed by atoms with Gasteiger partial charge in [-0.3, -0.25) is 0 Å². The molecule has 2 aromatic rings. The van der Waals surface area contributed by atoms with Crippen LogP contribution in [-0.4, -0.2) is 4.57 Å². The van der Waals surface area contributed by atoms with Crippen LogP contribution in [0.2, 0.25) is 5.02 Å². The number of aromatic nitrogens is 1. The van der Waals surface area contributed by atoms with Crippen LogP contribution in [0, 0.1) is 11.3 Å². The summed E-state index contributed by atoms with van der Waals surface area (Å²) in [6, 6.07) is 10.9. The van der Waals surface area contributed by atoms with Crippen LogP contribution in [0.25, 0.3) is 0 Å². The molecule has 5 heteroatoms. The van der Waals surface area contributed by atoms with Crippen LogP contribution < -0.4 is 10.5 Å². The van der Waals surface area contributed by atoms with Gasteiger partial charge in [0, 0.05) is 17.6 Å². The van der Waals surface area contributed by atoms with E-state index in [1.54, 1.807) is 30.3 Å². The molecule has 2 N–H and O–H groups in total. The molecule has 4 nitrogen and oxygen atoms in total. The lowest BCUT2D eigenvalue weighted by molar-refractivity contribution is 0.423. The van der Waals surface area contributed by atoms with Gasteiger partial charge in [-0.25, -0.2) is 0 Å². The number of unbranched alkanes of at least 4 members (excludes halogenated alkanes) is 2. The maximum Gasteiger partial charge on any atom is 0.224 e. The van der Waals surface area contributed by atoms with Crippen molar-refractivity contribution in [3.05, 3.63) is 41.0 Å². The Bertz CT molecular complexity index is 641. The molecule has 0 unspecified atom stereocenters. The van der Waals surface area contributed by atoms with Crippen molar-refractivity contribution in [2.75, 3.05) is 5.73 Å². The van der Waals surface area contributed by atoms with Crippen LogP contribution in [-0.2, 0) is 6.54 Å². The van der Waals surface area contributed by atoms with Gasteiger partial charge >= 0.3 is 0 Å². The number of ether oxygens (including phenoxy) is 1. The van der Waals surface area contributed by atoms with E-state index in [1.807, 2.05) is 4.57 Å². The van der Waals surface area contributed by atoms with Gasteiger partial charge in [0.25, 0.3) is 0 Å². The first-order valence-corrected chi connectivity index (χ1v) is 7.36. The Kier molecular flexibility index (Phi) is 5.13. The summed E-state index contributed by atoms with van der Waals surface area (Å²) in [5.74, 6) is 1.16. The average Bonchev–Trinajstić information content (AvgIpc) is 2.78. The number of anilines is 1. The highest BCUT2D eigenvalue weighted by molar-refractivity contribution is 6.30. The summed E-state index contributed by atoms with van der Waals surface area (Å²) in [7, 11) is 0. The molecular weight excluding hydrogens is 286 g/mol. The minimum absolute atomic E-state index is 0.470. The van der Waals surface area contributed by atoms with Crippen LogP contribution in [0.4, 0.5) is 5.69 Å². The van der Waals surface area contributed by atoms with Gasteiger partial charge in [-0.1, -0.05) is 31.4 Å². The Hall–Kier alpha value is -2.12. The van der Waals surface area contributed by atoms with Crippen LogP contribution in [0.5, 0.6) is 11.6 Å². The monoisotopic (exact) mass is 303 g/mol. The molecule has 1 heterocycles. The van der Waals surface area contributed by atoms with Crippen LogP contribution >= 0.6 is 11.6 Å². The second-order valence-corrected chi connectivity index (χ2v) is 5.25. The van der Waals surface area contributed by atoms with Crippen molar-refractivity contribution in [3.8, 4) is 17.7 Å². The van der Waals surface area contributed by atoms with E-state index < -0.39 is 0 Å². The van der Waals surface area contributed by atoms with E-state index in [-0.39, 0.29) is 0 Å². The smallest absolute Gasteiger partial charge is 0.224 e. The first-order valence-electron chi connectivity index (χ1n) is 6.98. The SMILES string of the molecule is CCCCCn1c(C#N)cc(N)c1Oc1ccc(Cl)cc1. The number of nitriles is 1. The standard InChI is InChI=1S/C16H18ClN3O/c1-2-3-4-9-20-13(11-18)10-15(19)16(20)21-14-7-5-12(17)6-8-14/h5-8,10H,2-4,9,19H2,1H3. The Morgan fingerprint density at radius 1 is 1.29 bits per heavy atom. The Morgan fingerprint density at radius 3 is 2.62 bits per heavy atom. The highest BCUT2D eigenvalue weighted by atomic mass is 35.5. The van der Waals surface area contributed by atoms with E-state index in [0.717, 1.165) is 25.8 Å². The molecule has 0 bridgehead atoms. The number of nitrogens with two attached hydrogens (primary N) is 1. The van der Waals surface area contributed by atoms with Crippen LogP contribution in [0.3, 0.4) is 0 Å². The third-order valence-corrected chi connectivity index (χ3v) is 3.46. The maximum atomic E-state index is 9.22. The zero-order valence-electron chi connectivity index (χ0n) is 12.0. The topological polar surface area (TPSA) is 64.0 Å². The van der Waals surface area contributed by atoms with E-state index in [0.29, 0.717) is 28.0 Å². The van der Waals surface area contributed by atoms with E-state index >= 15 is 0 Å². The molecule has 2 rings (SSSR count). The Morgan fingerprint density at radius 2 is 2.00 bits per heavy atom. The number of nitrogen functional groups attached to an aromatic ring is 1. The highest BCUT2D eigenvalue weighted by Gasteiger charge is 2.15. The summed E-state index contributed by atoms with van der Waals surface area (Å²) in [6.07, 6.45) is 3.20. The molecule has 0 aliphatic carbocycles. The van der Waals surface area contributed by atoms with Gasteiger partial charge in [0.15, 0.2) is 0 Å². The first kappa shape index (κ1) is 15.3. The maximum absolute atomic E-state index is 9.22. The van der Waals surface area contributed by atoms with Crippen molar-refractivity contribution < 1.29 is 4.74 Å². The summed E-state index contributed by atoms with van der Waals surface area (Å²) in [4.78, 5) is 0. The molecule has 0 spiro atoms. The van der Waals surface area contributed by atoms with Crippen LogP contribution in [0.1, 0.15) is 31.9 Å². The fraction of sp³-hybridized carbons (Fsp3) is 0.312. The predicted molar refractivity (Wildman–Crippen MR) is 84.6 cm³/mol. The van der Waals surface area contributed by atoms with Gasteiger partial charge in [0.1, 0.15) is 17.5 Å². The van der Waals surface area contributed by atoms with Crippen molar-refractivity contribution in [3.63, 3.8) is 0 Å². The first-order chi connectivity index (χ1) is 10.2. The van der Waals surface area contributed by atoms with Gasteiger partial charge in [-0.2, -0.15) is 5.26 Å². The van der Waals surface area contributed by atoms with E-state index in [1.165, 1.54) is 0 Å². The van der Waals surface area contributed by atoms with Crippen molar-refractivity contribution in [1.82, 2.24) is 4.57 Å². The van der Waals surface area contributed by atoms with E-state index in [2.05, 4.69) is 13.0 Å². The predicted octanol–water partition coefficient (Wildman–Crippen LogP) is 4.58. The van der Waals surface area contributed by atoms with Crippen LogP contribution in [0.15, 0.2) is 30.3 Å². The highest BCUT2D eigenvalue weighted by Crippen LogP contribution is 2.32. The number of benzene rings is 1. The van der Waals surface area contributed by atoms with Crippen molar-refractivity contribution >= 4 is 17.3 Å². The lowest BCUT2D eigenvalue weighted by Gasteiger charge is -2.12. The number of rotatable bonds is 6. The molecule has 0 saturated heterocycles. The summed E-state index contributed by atoms with van der Waals surface area (Å²) >= 11 is 5.86. The van der Waals surface area contributed by atoms with Gasteiger partial charge in [0.2, 0.25) is 5.88 Å². The van der Waals surface area contributed by atoms with E-state index in [4.69, 9.17) is 22.1 Å². The molecule has 0 saturated carbocycles. The Balaban J connectivity index is 2.26. The molecule has 0 aliphatic rings. The number of hydrogen-bond donors (Lipinski definition) is 1. The molecule has 0 aliphatic heterocycles. The number of hydrogen-bond acceptors (Lipinski definition) is 3. The lowest BCUT2D eigenvalue weighted by Crippen LogP contribution is -2.04. The van der Waals surface area contributed by atoms with Crippen molar-refractivity contribution in [2.24, 2.45) is 0 Å². The summed E-state index contributed by atoms with van der Waals surface area (Å²) in [5, 5.41) is 9.86. The summed E-state index contributed by atoms with van der Waals surface area (Å²) in [5.41, 5.74) is 6.97. The number of nitrogens with zero attached hydrogens (tertiary/aromatic N) is 2. The minimum atomic E-state index is 0.470. The fourth-order valence-electron chi connectivity index (χ4n) is 2.12. The fourth-order valence-corrected chi connectivity index (χ4v) is 2.24. The Labute approximate surface area is 129 Å². The lowest BCUT2D eigenvalue weighted by atomic mass is 10.2. The molecular formula is C16H18ClN3O. The summed E-state index contributed by atoms with van der Waals surface area (Å²) < 4.78 is 7.67. The van der Waals surface area contributed by atoms with Crippen molar-refractivity contribution in [2.45, 2.75) is 32.7 Å². The molecule has 0 fully saturated rings. The zero-order chi connectivity index (χ0) is 15.2.